The van der Waals surface area contributed by atoms with Crippen LogP contribution in [-0.2, 0) is 6.61 Å². The highest BCUT2D eigenvalue weighted by atomic mass is 19.2. The van der Waals surface area contributed by atoms with Gasteiger partial charge in [-0.25, -0.2) is 0 Å². The van der Waals surface area contributed by atoms with Crippen LogP contribution >= 0.6 is 0 Å². The minimum atomic E-state index is -0.990. The van der Waals surface area contributed by atoms with Crippen molar-refractivity contribution in [2.45, 2.75) is 90.6 Å². The van der Waals surface area contributed by atoms with Crippen molar-refractivity contribution in [1.82, 2.24) is 0 Å². The van der Waals surface area contributed by atoms with E-state index in [0.29, 0.717) is 12.5 Å². The number of hydrogen-bond donors (Lipinski definition) is 0. The van der Waals surface area contributed by atoms with Crippen molar-refractivity contribution < 1.29 is 18.3 Å². The second-order valence-electron chi connectivity index (χ2n) is 10.4. The van der Waals surface area contributed by atoms with Gasteiger partial charge in [0.25, 0.3) is 0 Å². The van der Waals surface area contributed by atoms with Crippen LogP contribution in [0, 0.1) is 29.4 Å². The fraction of sp³-hybridized carbons (Fsp3) is 0.600. The van der Waals surface area contributed by atoms with Gasteiger partial charge in [0.2, 0.25) is 11.6 Å². The SMILES string of the molecule is CCCCOc1ccc(OCc2ccc(C3CCC4CC(CCC)CCC4C3)cc2)c(F)c1F. The van der Waals surface area contributed by atoms with Crippen LogP contribution in [0.4, 0.5) is 8.78 Å². The first-order chi connectivity index (χ1) is 16.6. The van der Waals surface area contributed by atoms with Gasteiger partial charge < -0.3 is 9.47 Å². The van der Waals surface area contributed by atoms with Crippen LogP contribution in [0.1, 0.15) is 95.1 Å². The number of ether oxygens (including phenoxy) is 2. The van der Waals surface area contributed by atoms with Crippen LogP contribution in [0.25, 0.3) is 0 Å². The Morgan fingerprint density at radius 2 is 1.44 bits per heavy atom. The largest absolute Gasteiger partial charge is 0.490 e. The molecule has 0 bridgehead atoms. The monoisotopic (exact) mass is 470 g/mol. The number of benzene rings is 2. The molecule has 0 aromatic heterocycles. The van der Waals surface area contributed by atoms with E-state index in [1.807, 2.05) is 6.92 Å². The smallest absolute Gasteiger partial charge is 0.204 e. The summed E-state index contributed by atoms with van der Waals surface area (Å²) in [6.07, 6.45) is 12.7. The van der Waals surface area contributed by atoms with Crippen molar-refractivity contribution in [1.29, 1.82) is 0 Å². The van der Waals surface area contributed by atoms with E-state index in [0.717, 1.165) is 36.2 Å². The second kappa shape index (κ2) is 12.0. The Morgan fingerprint density at radius 3 is 2.15 bits per heavy atom. The van der Waals surface area contributed by atoms with E-state index >= 15 is 0 Å². The Kier molecular flexibility index (Phi) is 8.86. The molecule has 2 aliphatic rings. The van der Waals surface area contributed by atoms with Crippen LogP contribution in [-0.4, -0.2) is 6.61 Å². The van der Waals surface area contributed by atoms with Gasteiger partial charge in [0.15, 0.2) is 11.5 Å². The molecule has 0 radical (unpaired) electrons. The number of rotatable bonds is 10. The average molecular weight is 471 g/mol. The molecule has 0 saturated heterocycles. The molecule has 2 aliphatic carbocycles. The fourth-order valence-corrected chi connectivity index (χ4v) is 6.07. The van der Waals surface area contributed by atoms with E-state index in [1.54, 1.807) is 0 Å². The number of fused-ring (bicyclic) bond motifs is 1. The zero-order valence-corrected chi connectivity index (χ0v) is 20.8. The highest BCUT2D eigenvalue weighted by Gasteiger charge is 2.35. The first-order valence-electron chi connectivity index (χ1n) is 13.4. The molecule has 4 atom stereocenters. The lowest BCUT2D eigenvalue weighted by atomic mass is 9.63. The molecular weight excluding hydrogens is 430 g/mol. The normalized spacial score (nSPS) is 24.5. The molecule has 34 heavy (non-hydrogen) atoms. The molecule has 0 spiro atoms. The maximum atomic E-state index is 14.4. The Bertz CT molecular complexity index is 911. The van der Waals surface area contributed by atoms with Crippen molar-refractivity contribution in [3.63, 3.8) is 0 Å². The maximum absolute atomic E-state index is 14.4. The third-order valence-corrected chi connectivity index (χ3v) is 8.03. The van der Waals surface area contributed by atoms with Gasteiger partial charge in [0.1, 0.15) is 6.61 Å². The predicted molar refractivity (Wildman–Crippen MR) is 133 cm³/mol. The van der Waals surface area contributed by atoms with E-state index in [4.69, 9.17) is 9.47 Å². The molecule has 2 saturated carbocycles. The van der Waals surface area contributed by atoms with Gasteiger partial charge in [-0.05, 0) is 85.5 Å². The zero-order chi connectivity index (χ0) is 23.9. The first-order valence-corrected chi connectivity index (χ1v) is 13.4. The molecule has 0 aliphatic heterocycles. The zero-order valence-electron chi connectivity index (χ0n) is 20.8. The molecule has 0 heterocycles. The Labute approximate surface area is 204 Å². The summed E-state index contributed by atoms with van der Waals surface area (Å²) in [5, 5.41) is 0. The molecule has 2 fully saturated rings. The Hall–Kier alpha value is -2.10. The lowest BCUT2D eigenvalue weighted by Gasteiger charge is -2.42. The van der Waals surface area contributed by atoms with Crippen LogP contribution in [0.15, 0.2) is 36.4 Å². The van der Waals surface area contributed by atoms with Crippen molar-refractivity contribution in [2.24, 2.45) is 17.8 Å². The van der Waals surface area contributed by atoms with Crippen molar-refractivity contribution in [3.8, 4) is 11.5 Å². The van der Waals surface area contributed by atoms with Gasteiger partial charge in [-0.2, -0.15) is 8.78 Å². The lowest BCUT2D eigenvalue weighted by Crippen LogP contribution is -2.30. The summed E-state index contributed by atoms with van der Waals surface area (Å²) < 4.78 is 39.6. The minimum absolute atomic E-state index is 0.0591. The maximum Gasteiger partial charge on any atom is 0.204 e. The van der Waals surface area contributed by atoms with Gasteiger partial charge >= 0.3 is 0 Å². The van der Waals surface area contributed by atoms with E-state index in [1.165, 1.54) is 69.1 Å². The molecule has 0 N–H and O–H groups in total. The number of unbranched alkanes of at least 4 members (excludes halogenated alkanes) is 1. The molecule has 4 rings (SSSR count). The Balaban J connectivity index is 1.30. The first kappa shape index (κ1) is 25.0. The molecule has 2 aromatic rings. The minimum Gasteiger partial charge on any atom is -0.490 e. The highest BCUT2D eigenvalue weighted by Crippen LogP contribution is 2.48. The van der Waals surface area contributed by atoms with Crippen molar-refractivity contribution >= 4 is 0 Å². The standard InChI is InChI=1S/C30H40F2O2/c1-3-5-17-33-27-15-16-28(30(32)29(27)31)34-20-22-8-10-23(11-9-22)25-14-13-24-18-21(6-4-2)7-12-26(24)19-25/h8-11,15-16,21,24-26H,3-7,12-14,17-20H2,1-2H3. The van der Waals surface area contributed by atoms with Gasteiger partial charge in [-0.15, -0.1) is 0 Å². The van der Waals surface area contributed by atoms with Crippen LogP contribution in [0.5, 0.6) is 11.5 Å². The van der Waals surface area contributed by atoms with E-state index in [2.05, 4.69) is 31.2 Å². The van der Waals surface area contributed by atoms with Gasteiger partial charge in [0.05, 0.1) is 6.61 Å². The Morgan fingerprint density at radius 1 is 0.765 bits per heavy atom. The number of halogens is 2. The summed E-state index contributed by atoms with van der Waals surface area (Å²) in [5.74, 6) is 1.32. The van der Waals surface area contributed by atoms with Crippen LogP contribution in [0.2, 0.25) is 0 Å². The third-order valence-electron chi connectivity index (χ3n) is 8.03. The van der Waals surface area contributed by atoms with Gasteiger partial charge in [-0.3, -0.25) is 0 Å². The lowest BCUT2D eigenvalue weighted by molar-refractivity contribution is 0.114. The highest BCUT2D eigenvalue weighted by molar-refractivity contribution is 5.35. The van der Waals surface area contributed by atoms with E-state index < -0.39 is 11.6 Å². The molecule has 4 heteroatoms. The van der Waals surface area contributed by atoms with Gasteiger partial charge in [-0.1, -0.05) is 63.8 Å². The summed E-state index contributed by atoms with van der Waals surface area (Å²) in [7, 11) is 0. The summed E-state index contributed by atoms with van der Waals surface area (Å²) in [6.45, 7) is 4.92. The molecule has 0 amide bonds. The average Bonchev–Trinajstić information content (AvgIpc) is 2.86. The quantitative estimate of drug-likeness (QED) is 0.323. The molecular formula is C30H40F2O2. The van der Waals surface area contributed by atoms with Crippen LogP contribution < -0.4 is 9.47 Å². The van der Waals surface area contributed by atoms with E-state index in [-0.39, 0.29) is 18.1 Å². The fourth-order valence-electron chi connectivity index (χ4n) is 6.07. The van der Waals surface area contributed by atoms with E-state index in [9.17, 15) is 8.78 Å². The van der Waals surface area contributed by atoms with Gasteiger partial charge in [0, 0.05) is 0 Å². The van der Waals surface area contributed by atoms with Crippen LogP contribution in [0.3, 0.4) is 0 Å². The summed E-state index contributed by atoms with van der Waals surface area (Å²) in [6, 6.07) is 11.4. The third kappa shape index (κ3) is 6.12. The summed E-state index contributed by atoms with van der Waals surface area (Å²) >= 11 is 0. The van der Waals surface area contributed by atoms with Crippen molar-refractivity contribution in [3.05, 3.63) is 59.2 Å². The number of hydrogen-bond acceptors (Lipinski definition) is 2. The molecule has 4 unspecified atom stereocenters. The predicted octanol–water partition coefficient (Wildman–Crippen LogP) is 8.82. The molecule has 2 aromatic carbocycles. The second-order valence-corrected chi connectivity index (χ2v) is 10.4. The summed E-state index contributed by atoms with van der Waals surface area (Å²) in [5.41, 5.74) is 2.37. The van der Waals surface area contributed by atoms with Crippen molar-refractivity contribution in [2.75, 3.05) is 6.61 Å². The molecule has 2 nitrogen and oxygen atoms in total. The topological polar surface area (TPSA) is 18.5 Å². The summed E-state index contributed by atoms with van der Waals surface area (Å²) in [4.78, 5) is 0. The molecule has 186 valence electrons.